The summed E-state index contributed by atoms with van der Waals surface area (Å²) in [4.78, 5) is 16.4. The van der Waals surface area contributed by atoms with Gasteiger partial charge in [0, 0.05) is 33.2 Å². The van der Waals surface area contributed by atoms with E-state index in [2.05, 4.69) is 46.4 Å². The minimum Gasteiger partial charge on any atom is -0.489 e. The molecule has 1 unspecified atom stereocenters. The average Bonchev–Trinajstić information content (AvgIpc) is 3.12. The molecule has 2 heterocycles. The van der Waals surface area contributed by atoms with Crippen molar-refractivity contribution >= 4 is 12.0 Å². The van der Waals surface area contributed by atoms with Crippen molar-refractivity contribution in [2.75, 3.05) is 37.6 Å². The highest BCUT2D eigenvalue weighted by Crippen LogP contribution is 2.19. The van der Waals surface area contributed by atoms with Gasteiger partial charge in [-0.3, -0.25) is 0 Å². The lowest BCUT2D eigenvalue weighted by Crippen LogP contribution is -2.53. The first-order valence-corrected chi connectivity index (χ1v) is 9.82. The summed E-state index contributed by atoms with van der Waals surface area (Å²) in [5, 5.41) is 11.0. The van der Waals surface area contributed by atoms with Gasteiger partial charge in [0.2, 0.25) is 5.95 Å². The summed E-state index contributed by atoms with van der Waals surface area (Å²) in [6, 6.07) is 8.09. The highest BCUT2D eigenvalue weighted by molar-refractivity contribution is 5.74. The molecular weight excluding hydrogens is 356 g/mol. The van der Waals surface area contributed by atoms with Gasteiger partial charge in [-0.05, 0) is 30.5 Å². The number of urea groups is 1. The smallest absolute Gasteiger partial charge is 0.317 e. The van der Waals surface area contributed by atoms with Crippen LogP contribution in [0.2, 0.25) is 0 Å². The summed E-state index contributed by atoms with van der Waals surface area (Å²) in [5.74, 6) is 2.16. The number of hydrogen-bond acceptors (Lipinski definition) is 5. The number of piperazine rings is 1. The molecule has 152 valence electrons. The van der Waals surface area contributed by atoms with Crippen LogP contribution >= 0.6 is 0 Å². The van der Waals surface area contributed by atoms with Gasteiger partial charge in [0.15, 0.2) is 0 Å². The topological polar surface area (TPSA) is 75.5 Å². The van der Waals surface area contributed by atoms with Gasteiger partial charge in [-0.25, -0.2) is 4.79 Å². The van der Waals surface area contributed by atoms with Gasteiger partial charge in [-0.15, -0.1) is 10.2 Å². The van der Waals surface area contributed by atoms with Crippen molar-refractivity contribution in [2.45, 2.75) is 32.8 Å². The molecule has 2 amide bonds. The summed E-state index contributed by atoms with van der Waals surface area (Å²) in [5.41, 5.74) is 1.29. The van der Waals surface area contributed by atoms with Crippen LogP contribution in [0.4, 0.5) is 10.7 Å². The first-order chi connectivity index (χ1) is 13.4. The molecule has 8 nitrogen and oxygen atoms in total. The summed E-state index contributed by atoms with van der Waals surface area (Å²) < 4.78 is 7.80. The van der Waals surface area contributed by atoms with Crippen LogP contribution in [0.1, 0.15) is 32.3 Å². The predicted octanol–water partition coefficient (Wildman–Crippen LogP) is 2.24. The quantitative estimate of drug-likeness (QED) is 0.824. The lowest BCUT2D eigenvalue weighted by molar-refractivity contribution is 0.179. The van der Waals surface area contributed by atoms with Crippen LogP contribution in [0.3, 0.4) is 0 Å². The van der Waals surface area contributed by atoms with Crippen molar-refractivity contribution in [3.05, 3.63) is 36.2 Å². The molecule has 1 N–H and O–H groups in total. The number of carbonyl (C=O) groups is 1. The molecule has 1 aromatic carbocycles. The molecule has 2 aromatic rings. The van der Waals surface area contributed by atoms with Crippen LogP contribution in [0.5, 0.6) is 5.75 Å². The molecule has 1 saturated heterocycles. The van der Waals surface area contributed by atoms with Crippen molar-refractivity contribution in [3.8, 4) is 5.75 Å². The van der Waals surface area contributed by atoms with Gasteiger partial charge in [-0.1, -0.05) is 26.0 Å². The zero-order valence-corrected chi connectivity index (χ0v) is 17.1. The third-order valence-corrected chi connectivity index (χ3v) is 4.96. The number of aromatic nitrogens is 3. The molecule has 1 aliphatic rings. The average molecular weight is 387 g/mol. The lowest BCUT2D eigenvalue weighted by atomic mass is 10.0. The Balaban J connectivity index is 1.41. The van der Waals surface area contributed by atoms with Gasteiger partial charge >= 0.3 is 6.03 Å². The molecule has 1 aliphatic heterocycles. The van der Waals surface area contributed by atoms with Crippen LogP contribution < -0.4 is 15.0 Å². The van der Waals surface area contributed by atoms with Gasteiger partial charge in [0.1, 0.15) is 18.2 Å². The fourth-order valence-corrected chi connectivity index (χ4v) is 3.22. The van der Waals surface area contributed by atoms with Crippen molar-refractivity contribution < 1.29 is 9.53 Å². The Labute approximate surface area is 166 Å². The zero-order chi connectivity index (χ0) is 20.1. The van der Waals surface area contributed by atoms with Crippen LogP contribution in [0.15, 0.2) is 30.6 Å². The first kappa shape index (κ1) is 20.0. The first-order valence-electron chi connectivity index (χ1n) is 9.82. The lowest BCUT2D eigenvalue weighted by Gasteiger charge is -2.35. The molecule has 28 heavy (non-hydrogen) atoms. The monoisotopic (exact) mass is 386 g/mol. The predicted molar refractivity (Wildman–Crippen MR) is 109 cm³/mol. The van der Waals surface area contributed by atoms with Gasteiger partial charge < -0.3 is 24.4 Å². The van der Waals surface area contributed by atoms with E-state index in [0.717, 1.165) is 24.8 Å². The number of nitrogens with zero attached hydrogens (tertiary/aromatic N) is 5. The van der Waals surface area contributed by atoms with Gasteiger partial charge in [0.25, 0.3) is 0 Å². The fraction of sp³-hybridized carbons (Fsp3) is 0.550. The molecule has 1 atom stereocenters. The van der Waals surface area contributed by atoms with Crippen molar-refractivity contribution in [3.63, 3.8) is 0 Å². The van der Waals surface area contributed by atoms with E-state index in [-0.39, 0.29) is 12.1 Å². The van der Waals surface area contributed by atoms with E-state index in [1.807, 2.05) is 35.6 Å². The summed E-state index contributed by atoms with van der Waals surface area (Å²) in [6.45, 7) is 9.57. The van der Waals surface area contributed by atoms with Crippen LogP contribution in [-0.2, 0) is 7.05 Å². The van der Waals surface area contributed by atoms with Crippen LogP contribution in [0, 0.1) is 0 Å². The maximum Gasteiger partial charge on any atom is 0.317 e. The Morgan fingerprint density at radius 2 is 1.82 bits per heavy atom. The molecule has 3 rings (SSSR count). The maximum absolute atomic E-state index is 12.4. The molecule has 0 saturated carbocycles. The Hall–Kier alpha value is -2.77. The second-order valence-electron chi connectivity index (χ2n) is 7.55. The summed E-state index contributed by atoms with van der Waals surface area (Å²) in [7, 11) is 1.92. The number of nitrogens with one attached hydrogen (secondary N) is 1. The Bertz CT molecular complexity index is 765. The number of amides is 2. The number of aryl methyl sites for hydroxylation is 1. The molecule has 8 heteroatoms. The second kappa shape index (κ2) is 8.95. The minimum atomic E-state index is -0.103. The van der Waals surface area contributed by atoms with Gasteiger partial charge in [0.05, 0.1) is 6.54 Å². The van der Waals surface area contributed by atoms with Crippen molar-refractivity contribution in [2.24, 2.45) is 7.05 Å². The Morgan fingerprint density at radius 1 is 1.14 bits per heavy atom. The van der Waals surface area contributed by atoms with E-state index >= 15 is 0 Å². The second-order valence-corrected chi connectivity index (χ2v) is 7.55. The standard InChI is InChI=1S/C20H30N6O2/c1-15(2)17-5-7-18(8-6-17)28-16(3)13-21-20(27)26-11-9-25(10-12-26)19-23-22-14-24(19)4/h5-8,14-16H,9-13H2,1-4H3,(H,21,27). The summed E-state index contributed by atoms with van der Waals surface area (Å²) >= 11 is 0. The zero-order valence-electron chi connectivity index (χ0n) is 17.1. The number of benzene rings is 1. The van der Waals surface area contributed by atoms with E-state index in [0.29, 0.717) is 25.6 Å². The van der Waals surface area contributed by atoms with E-state index in [1.165, 1.54) is 5.56 Å². The molecule has 0 radical (unpaired) electrons. The largest absolute Gasteiger partial charge is 0.489 e. The fourth-order valence-electron chi connectivity index (χ4n) is 3.22. The normalized spacial score (nSPS) is 15.6. The van der Waals surface area contributed by atoms with E-state index < -0.39 is 0 Å². The van der Waals surface area contributed by atoms with Crippen LogP contribution in [0.25, 0.3) is 0 Å². The Kier molecular flexibility index (Phi) is 6.38. The molecular formula is C20H30N6O2. The van der Waals surface area contributed by atoms with Crippen molar-refractivity contribution in [1.29, 1.82) is 0 Å². The molecule has 1 aromatic heterocycles. The highest BCUT2D eigenvalue weighted by atomic mass is 16.5. The molecule has 0 bridgehead atoms. The highest BCUT2D eigenvalue weighted by Gasteiger charge is 2.23. The van der Waals surface area contributed by atoms with Crippen molar-refractivity contribution in [1.82, 2.24) is 25.0 Å². The molecule has 0 spiro atoms. The minimum absolute atomic E-state index is 0.0526. The third kappa shape index (κ3) is 4.94. The maximum atomic E-state index is 12.4. The number of rotatable bonds is 6. The van der Waals surface area contributed by atoms with E-state index in [1.54, 1.807) is 6.33 Å². The third-order valence-electron chi connectivity index (χ3n) is 4.96. The Morgan fingerprint density at radius 3 is 2.39 bits per heavy atom. The van der Waals surface area contributed by atoms with E-state index in [9.17, 15) is 4.79 Å². The van der Waals surface area contributed by atoms with Crippen LogP contribution in [-0.4, -0.2) is 64.5 Å². The molecule has 1 fully saturated rings. The number of anilines is 1. The van der Waals surface area contributed by atoms with Gasteiger partial charge in [-0.2, -0.15) is 0 Å². The van der Waals surface area contributed by atoms with E-state index in [4.69, 9.17) is 4.74 Å². The number of carbonyl (C=O) groups excluding carboxylic acids is 1. The number of hydrogen-bond donors (Lipinski definition) is 1. The molecule has 0 aliphatic carbocycles. The summed E-state index contributed by atoms with van der Waals surface area (Å²) in [6.07, 6.45) is 1.58. The SMILES string of the molecule is CC(CNC(=O)N1CCN(c2nncn2C)CC1)Oc1ccc(C(C)C)cc1. The number of ether oxygens (including phenoxy) is 1.